The topological polar surface area (TPSA) is 47.1 Å². The molecule has 148 valence electrons. The summed E-state index contributed by atoms with van der Waals surface area (Å²) in [6, 6.07) is 17.9. The zero-order valence-electron chi connectivity index (χ0n) is 16.8. The molecule has 0 unspecified atom stereocenters. The van der Waals surface area contributed by atoms with E-state index in [1.165, 1.54) is 12.6 Å². The van der Waals surface area contributed by atoms with E-state index < -0.39 is 0 Å². The van der Waals surface area contributed by atoms with Crippen LogP contribution in [0, 0.1) is 0 Å². The molecule has 0 aromatic heterocycles. The van der Waals surface area contributed by atoms with E-state index in [2.05, 4.69) is 17.0 Å². The molecule has 2 aromatic rings. The van der Waals surface area contributed by atoms with Crippen molar-refractivity contribution in [2.24, 2.45) is 0 Å². The molecule has 28 heavy (non-hydrogen) atoms. The summed E-state index contributed by atoms with van der Waals surface area (Å²) < 4.78 is 0. The van der Waals surface area contributed by atoms with Crippen LogP contribution in [0.15, 0.2) is 54.6 Å². The molecule has 2 aromatic carbocycles. The molecule has 0 spiro atoms. The molecule has 0 aliphatic carbocycles. The lowest BCUT2D eigenvalue weighted by Crippen LogP contribution is -2.51. The minimum Gasteiger partial charge on any atom is -0.378 e. The molecule has 2 amide bonds. The number of piperazine rings is 1. The number of anilines is 3. The van der Waals surface area contributed by atoms with Gasteiger partial charge in [0.2, 0.25) is 11.8 Å². The standard InChI is InChI=1S/C22H28N4O2/c1-18(27)26(21-11-9-19(10-12-21)23(2)3)17-22(28)25-15-13-24(14-16-25)20-7-5-4-6-8-20/h4-12H,13-17H2,1-3H3. The number of carbonyl (C=O) groups excluding carboxylic acids is 2. The van der Waals surface area contributed by atoms with Crippen molar-refractivity contribution >= 4 is 28.9 Å². The van der Waals surface area contributed by atoms with Gasteiger partial charge in [-0.15, -0.1) is 0 Å². The molecular weight excluding hydrogens is 352 g/mol. The fourth-order valence-electron chi connectivity index (χ4n) is 3.40. The molecular formula is C22H28N4O2. The number of nitrogens with zero attached hydrogens (tertiary/aromatic N) is 4. The van der Waals surface area contributed by atoms with Gasteiger partial charge in [0, 0.05) is 64.3 Å². The summed E-state index contributed by atoms with van der Waals surface area (Å²) in [5.74, 6) is -0.145. The highest BCUT2D eigenvalue weighted by atomic mass is 16.2. The summed E-state index contributed by atoms with van der Waals surface area (Å²) in [7, 11) is 3.94. The third-order valence-corrected chi connectivity index (χ3v) is 5.10. The van der Waals surface area contributed by atoms with Crippen molar-refractivity contribution in [1.82, 2.24) is 4.90 Å². The van der Waals surface area contributed by atoms with Crippen LogP contribution in [0.1, 0.15) is 6.92 Å². The molecule has 1 heterocycles. The number of carbonyl (C=O) groups is 2. The van der Waals surface area contributed by atoms with Crippen LogP contribution in [0.2, 0.25) is 0 Å². The minimum atomic E-state index is -0.131. The summed E-state index contributed by atoms with van der Waals surface area (Å²) in [6.45, 7) is 4.50. The smallest absolute Gasteiger partial charge is 0.242 e. The summed E-state index contributed by atoms with van der Waals surface area (Å²) in [4.78, 5) is 32.6. The second kappa shape index (κ2) is 8.78. The largest absolute Gasteiger partial charge is 0.378 e. The molecule has 6 nitrogen and oxygen atoms in total. The molecule has 1 aliphatic rings. The number of hydrogen-bond donors (Lipinski definition) is 0. The van der Waals surface area contributed by atoms with Gasteiger partial charge in [0.05, 0.1) is 0 Å². The van der Waals surface area contributed by atoms with Crippen LogP contribution in [-0.2, 0) is 9.59 Å². The van der Waals surface area contributed by atoms with Gasteiger partial charge in [0.15, 0.2) is 0 Å². The van der Waals surface area contributed by atoms with E-state index in [0.29, 0.717) is 13.1 Å². The Morgan fingerprint density at radius 1 is 0.857 bits per heavy atom. The van der Waals surface area contributed by atoms with Crippen LogP contribution in [0.25, 0.3) is 0 Å². The predicted octanol–water partition coefficient (Wildman–Crippen LogP) is 2.45. The van der Waals surface area contributed by atoms with E-state index in [1.54, 1.807) is 4.90 Å². The van der Waals surface area contributed by atoms with Crippen molar-refractivity contribution in [3.8, 4) is 0 Å². The Labute approximate surface area is 166 Å². The second-order valence-electron chi connectivity index (χ2n) is 7.22. The van der Waals surface area contributed by atoms with Crippen LogP contribution >= 0.6 is 0 Å². The molecule has 0 saturated carbocycles. The van der Waals surface area contributed by atoms with E-state index in [1.807, 2.05) is 66.4 Å². The van der Waals surface area contributed by atoms with Gasteiger partial charge < -0.3 is 19.6 Å². The highest BCUT2D eigenvalue weighted by Crippen LogP contribution is 2.20. The second-order valence-corrected chi connectivity index (χ2v) is 7.22. The quantitative estimate of drug-likeness (QED) is 0.800. The van der Waals surface area contributed by atoms with Crippen molar-refractivity contribution in [1.29, 1.82) is 0 Å². The molecule has 0 atom stereocenters. The van der Waals surface area contributed by atoms with Crippen LogP contribution < -0.4 is 14.7 Å². The molecule has 1 aliphatic heterocycles. The first kappa shape index (κ1) is 19.7. The van der Waals surface area contributed by atoms with Crippen LogP contribution in [0.5, 0.6) is 0 Å². The highest BCUT2D eigenvalue weighted by Gasteiger charge is 2.24. The monoisotopic (exact) mass is 380 g/mol. The lowest BCUT2D eigenvalue weighted by Gasteiger charge is -2.37. The van der Waals surface area contributed by atoms with Gasteiger partial charge in [0.25, 0.3) is 0 Å². The lowest BCUT2D eigenvalue weighted by molar-refractivity contribution is -0.131. The zero-order chi connectivity index (χ0) is 20.1. The van der Waals surface area contributed by atoms with Crippen molar-refractivity contribution in [3.63, 3.8) is 0 Å². The van der Waals surface area contributed by atoms with Crippen molar-refractivity contribution in [2.75, 3.05) is 61.5 Å². The number of rotatable bonds is 5. The molecule has 0 N–H and O–H groups in total. The molecule has 6 heteroatoms. The lowest BCUT2D eigenvalue weighted by atomic mass is 10.2. The van der Waals surface area contributed by atoms with Crippen LogP contribution in [-0.4, -0.2) is 63.5 Å². The van der Waals surface area contributed by atoms with Crippen LogP contribution in [0.3, 0.4) is 0 Å². The Hall–Kier alpha value is -3.02. The minimum absolute atomic E-state index is 0.0143. The van der Waals surface area contributed by atoms with Gasteiger partial charge in [-0.3, -0.25) is 9.59 Å². The van der Waals surface area contributed by atoms with Gasteiger partial charge in [-0.05, 0) is 36.4 Å². The average Bonchev–Trinajstić information content (AvgIpc) is 2.72. The summed E-state index contributed by atoms with van der Waals surface area (Å²) in [5, 5.41) is 0. The van der Waals surface area contributed by atoms with Gasteiger partial charge in [-0.25, -0.2) is 0 Å². The zero-order valence-corrected chi connectivity index (χ0v) is 16.8. The van der Waals surface area contributed by atoms with E-state index in [4.69, 9.17) is 0 Å². The van der Waals surface area contributed by atoms with Gasteiger partial charge in [-0.1, -0.05) is 18.2 Å². The third kappa shape index (κ3) is 4.63. The third-order valence-electron chi connectivity index (χ3n) is 5.10. The maximum absolute atomic E-state index is 12.8. The first-order valence-electron chi connectivity index (χ1n) is 9.59. The fourth-order valence-corrected chi connectivity index (χ4v) is 3.40. The van der Waals surface area contributed by atoms with Crippen molar-refractivity contribution in [2.45, 2.75) is 6.92 Å². The fraction of sp³-hybridized carbons (Fsp3) is 0.364. The Morgan fingerprint density at radius 3 is 1.96 bits per heavy atom. The first-order valence-corrected chi connectivity index (χ1v) is 9.59. The maximum Gasteiger partial charge on any atom is 0.242 e. The maximum atomic E-state index is 12.8. The Bertz CT molecular complexity index is 797. The number of para-hydroxylation sites is 1. The molecule has 3 rings (SSSR count). The van der Waals surface area contributed by atoms with E-state index in [0.717, 1.165) is 24.5 Å². The molecule has 1 fully saturated rings. The Balaban J connectivity index is 1.61. The first-order chi connectivity index (χ1) is 13.5. The Morgan fingerprint density at radius 2 is 1.43 bits per heavy atom. The van der Waals surface area contributed by atoms with Crippen LogP contribution in [0.4, 0.5) is 17.1 Å². The van der Waals surface area contributed by atoms with Gasteiger partial charge in [-0.2, -0.15) is 0 Å². The average molecular weight is 380 g/mol. The number of amides is 2. The van der Waals surface area contributed by atoms with Gasteiger partial charge in [0.1, 0.15) is 6.54 Å². The van der Waals surface area contributed by atoms with Gasteiger partial charge >= 0.3 is 0 Å². The summed E-state index contributed by atoms with van der Waals surface area (Å²) >= 11 is 0. The molecule has 0 radical (unpaired) electrons. The van der Waals surface area contributed by atoms with Crippen molar-refractivity contribution < 1.29 is 9.59 Å². The summed E-state index contributed by atoms with van der Waals surface area (Å²) in [6.07, 6.45) is 0. The molecule has 1 saturated heterocycles. The van der Waals surface area contributed by atoms with Crippen molar-refractivity contribution in [3.05, 3.63) is 54.6 Å². The Kier molecular flexibility index (Phi) is 6.19. The molecule has 0 bridgehead atoms. The normalized spacial score (nSPS) is 14.0. The highest BCUT2D eigenvalue weighted by molar-refractivity contribution is 5.97. The predicted molar refractivity (Wildman–Crippen MR) is 114 cm³/mol. The van der Waals surface area contributed by atoms with E-state index >= 15 is 0 Å². The number of hydrogen-bond acceptors (Lipinski definition) is 4. The van der Waals surface area contributed by atoms with E-state index in [-0.39, 0.29) is 18.4 Å². The van der Waals surface area contributed by atoms with E-state index in [9.17, 15) is 9.59 Å². The summed E-state index contributed by atoms with van der Waals surface area (Å²) in [5.41, 5.74) is 2.98. The number of benzene rings is 2. The SMILES string of the molecule is CC(=O)N(CC(=O)N1CCN(c2ccccc2)CC1)c1ccc(N(C)C)cc1.